The van der Waals surface area contributed by atoms with E-state index in [1.54, 1.807) is 0 Å². The van der Waals surface area contributed by atoms with Crippen LogP contribution < -0.4 is 5.32 Å². The van der Waals surface area contributed by atoms with Crippen molar-refractivity contribution in [1.29, 1.82) is 0 Å². The van der Waals surface area contributed by atoms with Crippen molar-refractivity contribution in [3.05, 3.63) is 35.9 Å². The Hall–Kier alpha value is -1.89. The number of esters is 1. The van der Waals surface area contributed by atoms with Gasteiger partial charge in [0.25, 0.3) is 0 Å². The molecule has 2 atom stereocenters. The lowest BCUT2D eigenvalue weighted by Gasteiger charge is -2.15. The molecular weight excluding hydrogens is 282 g/mol. The van der Waals surface area contributed by atoms with Crippen molar-refractivity contribution in [3.63, 3.8) is 0 Å². The molecule has 0 bridgehead atoms. The van der Waals surface area contributed by atoms with Gasteiger partial charge in [-0.15, -0.1) is 0 Å². The summed E-state index contributed by atoms with van der Waals surface area (Å²) in [7, 11) is -0.0460. The summed E-state index contributed by atoms with van der Waals surface area (Å²) in [5.41, 5.74) is 0.830. The van der Waals surface area contributed by atoms with Crippen molar-refractivity contribution >= 4 is 22.9 Å². The quantitative estimate of drug-likeness (QED) is 0.787. The van der Waals surface area contributed by atoms with E-state index in [9.17, 15) is 13.8 Å². The summed E-state index contributed by atoms with van der Waals surface area (Å²) in [5.74, 6) is -0.676. The first kappa shape index (κ1) is 16.2. The summed E-state index contributed by atoms with van der Waals surface area (Å²) in [5, 5.41) is 2.34. The molecule has 0 aliphatic carbocycles. The Morgan fingerprint density at radius 3 is 2.50 bits per heavy atom. The molecule has 1 aromatic rings. The van der Waals surface area contributed by atoms with E-state index in [2.05, 4.69) is 10.1 Å². The average molecular weight is 299 g/mol. The smallest absolute Gasteiger partial charge is 0.408 e. The monoisotopic (exact) mass is 299 g/mol. The highest BCUT2D eigenvalue weighted by atomic mass is 32.2. The van der Waals surface area contributed by atoms with Crippen LogP contribution in [0.25, 0.3) is 0 Å². The molecule has 0 radical (unpaired) electrons. The van der Waals surface area contributed by atoms with Crippen molar-refractivity contribution in [3.8, 4) is 0 Å². The van der Waals surface area contributed by atoms with Crippen LogP contribution in [-0.2, 0) is 31.7 Å². The minimum atomic E-state index is -1.25. The fourth-order valence-electron chi connectivity index (χ4n) is 1.45. The first-order valence-corrected chi connectivity index (χ1v) is 7.60. The maximum atomic E-state index is 11.6. The number of benzene rings is 1. The van der Waals surface area contributed by atoms with Crippen LogP contribution in [0.5, 0.6) is 0 Å². The Labute approximate surface area is 119 Å². The van der Waals surface area contributed by atoms with Gasteiger partial charge in [0.05, 0.1) is 12.9 Å². The van der Waals surface area contributed by atoms with E-state index in [1.165, 1.54) is 13.4 Å². The van der Waals surface area contributed by atoms with Crippen molar-refractivity contribution in [2.45, 2.75) is 12.6 Å². The number of alkyl carbamates (subject to hydrolysis) is 1. The van der Waals surface area contributed by atoms with Gasteiger partial charge in [-0.25, -0.2) is 9.59 Å². The van der Waals surface area contributed by atoms with E-state index in [4.69, 9.17) is 4.74 Å². The van der Waals surface area contributed by atoms with Crippen LogP contribution in [0.2, 0.25) is 0 Å². The zero-order chi connectivity index (χ0) is 15.0. The Morgan fingerprint density at radius 2 is 1.95 bits per heavy atom. The largest absolute Gasteiger partial charge is 0.467 e. The second kappa shape index (κ2) is 8.31. The number of carbonyl (C=O) groups is 2. The zero-order valence-corrected chi connectivity index (χ0v) is 12.1. The number of methoxy groups -OCH3 is 1. The number of rotatable bonds is 6. The number of carbonyl (C=O) groups excluding carboxylic acids is 2. The molecule has 1 amide bonds. The summed E-state index contributed by atoms with van der Waals surface area (Å²) in [6, 6.07) is 8.16. The van der Waals surface area contributed by atoms with Gasteiger partial charge in [-0.1, -0.05) is 30.3 Å². The van der Waals surface area contributed by atoms with Gasteiger partial charge < -0.3 is 14.8 Å². The molecule has 0 spiro atoms. The fraction of sp³-hybridized carbons (Fsp3) is 0.385. The highest BCUT2D eigenvalue weighted by Gasteiger charge is 2.23. The van der Waals surface area contributed by atoms with Gasteiger partial charge in [0, 0.05) is 17.1 Å². The third-order valence-corrected chi connectivity index (χ3v) is 3.19. The summed E-state index contributed by atoms with van der Waals surface area (Å²) in [6.45, 7) is 0.0930. The third-order valence-electron chi connectivity index (χ3n) is 2.39. The van der Waals surface area contributed by atoms with Crippen LogP contribution in [0.3, 0.4) is 0 Å². The molecule has 1 aromatic carbocycles. The van der Waals surface area contributed by atoms with E-state index in [0.717, 1.165) is 5.56 Å². The van der Waals surface area contributed by atoms with Gasteiger partial charge >= 0.3 is 12.1 Å². The predicted molar refractivity (Wildman–Crippen MR) is 74.5 cm³/mol. The van der Waals surface area contributed by atoms with Gasteiger partial charge in [0.15, 0.2) is 0 Å². The van der Waals surface area contributed by atoms with E-state index in [1.807, 2.05) is 30.3 Å². The Bertz CT molecular complexity index is 477. The average Bonchev–Trinajstić information content (AvgIpc) is 2.44. The molecule has 7 heteroatoms. The zero-order valence-electron chi connectivity index (χ0n) is 11.3. The molecule has 0 unspecified atom stereocenters. The number of amides is 1. The highest BCUT2D eigenvalue weighted by Crippen LogP contribution is 2.01. The molecule has 1 N–H and O–H groups in total. The predicted octanol–water partition coefficient (Wildman–Crippen LogP) is 0.833. The lowest BCUT2D eigenvalue weighted by atomic mass is 10.2. The molecule has 0 aliphatic heterocycles. The summed E-state index contributed by atoms with van der Waals surface area (Å²) < 4.78 is 20.7. The van der Waals surface area contributed by atoms with Crippen molar-refractivity contribution in [2.75, 3.05) is 19.1 Å². The van der Waals surface area contributed by atoms with E-state index in [-0.39, 0.29) is 12.4 Å². The van der Waals surface area contributed by atoms with Crippen LogP contribution in [0.1, 0.15) is 5.56 Å². The van der Waals surface area contributed by atoms with E-state index in [0.29, 0.717) is 0 Å². The minimum Gasteiger partial charge on any atom is -0.467 e. The van der Waals surface area contributed by atoms with Crippen LogP contribution in [-0.4, -0.2) is 41.4 Å². The second-order valence-corrected chi connectivity index (χ2v) is 5.50. The molecule has 20 heavy (non-hydrogen) atoms. The third kappa shape index (κ3) is 5.83. The number of hydrogen-bond acceptors (Lipinski definition) is 5. The summed E-state index contributed by atoms with van der Waals surface area (Å²) in [6.07, 6.45) is 0.683. The maximum absolute atomic E-state index is 11.6. The normalized spacial score (nSPS) is 13.1. The Morgan fingerprint density at radius 1 is 1.30 bits per heavy atom. The fourth-order valence-corrected chi connectivity index (χ4v) is 2.14. The lowest BCUT2D eigenvalue weighted by molar-refractivity contribution is -0.142. The molecular formula is C13H17NO5S. The molecule has 0 heterocycles. The van der Waals surface area contributed by atoms with Crippen LogP contribution in [0.15, 0.2) is 30.3 Å². The number of nitrogens with one attached hydrogen (secondary N) is 1. The molecule has 0 saturated heterocycles. The first-order valence-electron chi connectivity index (χ1n) is 5.88. The number of hydrogen-bond donors (Lipinski definition) is 1. The van der Waals surface area contributed by atoms with Gasteiger partial charge in [-0.3, -0.25) is 4.21 Å². The van der Waals surface area contributed by atoms with Crippen LogP contribution in [0, 0.1) is 0 Å². The summed E-state index contributed by atoms with van der Waals surface area (Å²) in [4.78, 5) is 23.0. The van der Waals surface area contributed by atoms with Gasteiger partial charge in [0.2, 0.25) is 0 Å². The van der Waals surface area contributed by atoms with Gasteiger partial charge in [-0.05, 0) is 5.56 Å². The maximum Gasteiger partial charge on any atom is 0.408 e. The number of ether oxygens (including phenoxy) is 2. The molecule has 0 aliphatic rings. The minimum absolute atomic E-state index is 0.0207. The topological polar surface area (TPSA) is 81.7 Å². The van der Waals surface area contributed by atoms with Crippen molar-refractivity contribution < 1.29 is 23.3 Å². The molecule has 110 valence electrons. The van der Waals surface area contributed by atoms with Crippen LogP contribution in [0.4, 0.5) is 4.79 Å². The van der Waals surface area contributed by atoms with Gasteiger partial charge in [-0.2, -0.15) is 0 Å². The Balaban J connectivity index is 2.49. The van der Waals surface area contributed by atoms with Crippen molar-refractivity contribution in [1.82, 2.24) is 5.32 Å². The first-order chi connectivity index (χ1) is 9.52. The molecule has 6 nitrogen and oxygen atoms in total. The SMILES string of the molecule is COC(=O)[C@H](C[S@](C)=O)NC(=O)OCc1ccccc1. The molecule has 0 fully saturated rings. The van der Waals surface area contributed by atoms with E-state index >= 15 is 0 Å². The summed E-state index contributed by atoms with van der Waals surface area (Å²) >= 11 is 0. The van der Waals surface area contributed by atoms with Gasteiger partial charge in [0.1, 0.15) is 12.6 Å². The lowest BCUT2D eigenvalue weighted by Crippen LogP contribution is -2.45. The molecule has 0 saturated carbocycles. The molecule has 1 rings (SSSR count). The van der Waals surface area contributed by atoms with Crippen molar-refractivity contribution in [2.24, 2.45) is 0 Å². The van der Waals surface area contributed by atoms with Crippen LogP contribution >= 0.6 is 0 Å². The molecule has 0 aromatic heterocycles. The van der Waals surface area contributed by atoms with E-state index < -0.39 is 28.9 Å². The second-order valence-electron chi connectivity index (χ2n) is 4.02. The highest BCUT2D eigenvalue weighted by molar-refractivity contribution is 7.84. The standard InChI is InChI=1S/C13H17NO5S/c1-18-12(15)11(9-20(2)17)14-13(16)19-8-10-6-4-3-5-7-10/h3-7,11H,8-9H2,1-2H3,(H,14,16)/t11-,20-/m0/s1. The Kier molecular flexibility index (Phi) is 6.72.